The van der Waals surface area contributed by atoms with Crippen LogP contribution in [-0.4, -0.2) is 52.5 Å². The van der Waals surface area contributed by atoms with Gasteiger partial charge in [-0.25, -0.2) is 9.37 Å². The maximum absolute atomic E-state index is 14.8. The molecule has 3 aliphatic rings. The molecule has 3 aliphatic heterocycles. The van der Waals surface area contributed by atoms with Gasteiger partial charge in [0.05, 0.1) is 11.4 Å². The molecule has 0 spiro atoms. The highest BCUT2D eigenvalue weighted by molar-refractivity contribution is 5.86. The van der Waals surface area contributed by atoms with Crippen LogP contribution < -0.4 is 15.8 Å². The fourth-order valence-corrected chi connectivity index (χ4v) is 4.91. The number of hydrogen-bond donors (Lipinski definition) is 3. The summed E-state index contributed by atoms with van der Waals surface area (Å²) < 4.78 is 20.6. The number of amides is 1. The molecule has 2 bridgehead atoms. The topological polar surface area (TPSA) is 96.3 Å². The van der Waals surface area contributed by atoms with Crippen LogP contribution in [0.2, 0.25) is 0 Å². The minimum Gasteiger partial charge on any atom is -0.453 e. The molecular weight excluding hydrogens is 409 g/mol. The van der Waals surface area contributed by atoms with Gasteiger partial charge in [0.25, 0.3) is 0 Å². The van der Waals surface area contributed by atoms with Gasteiger partial charge in [-0.15, -0.1) is 0 Å². The first-order valence-electron chi connectivity index (χ1n) is 11.1. The molecule has 0 radical (unpaired) electrons. The van der Waals surface area contributed by atoms with Crippen molar-refractivity contribution in [2.24, 2.45) is 11.7 Å². The molecule has 2 atom stereocenters. The Hall–Kier alpha value is -2.97. The Balaban J connectivity index is 1.24. The van der Waals surface area contributed by atoms with Crippen molar-refractivity contribution in [2.75, 3.05) is 19.6 Å². The molecule has 8 heteroatoms. The maximum atomic E-state index is 14.8. The number of aromatic amines is 1. The SMILES string of the molecule is Cc1c[nH]c2nccc(Oc3ccc(CC(N)C(=O)NC4CN5CCC4CC5)cc3F)c12. The molecule has 2 unspecified atom stereocenters. The number of halogens is 1. The van der Waals surface area contributed by atoms with E-state index in [0.29, 0.717) is 22.9 Å². The molecule has 0 aliphatic carbocycles. The summed E-state index contributed by atoms with van der Waals surface area (Å²) in [6.07, 6.45) is 5.97. The maximum Gasteiger partial charge on any atom is 0.237 e. The van der Waals surface area contributed by atoms with Crippen LogP contribution in [-0.2, 0) is 11.2 Å². The standard InChI is InChI=1S/C24H28FN5O2/c1-14-12-28-23-22(14)21(4-7-27-23)32-20-3-2-15(10-17(20)25)11-18(26)24(31)29-19-13-30-8-5-16(19)6-9-30/h2-4,7,10,12,16,18-19H,5-6,8-9,11,13,26H2,1H3,(H,27,28)(H,29,31). The summed E-state index contributed by atoms with van der Waals surface area (Å²) in [6.45, 7) is 5.07. The molecule has 5 heterocycles. The normalized spacial score (nSPS) is 23.3. The Bertz CT molecular complexity index is 1140. The third-order valence-electron chi connectivity index (χ3n) is 6.72. The predicted molar refractivity (Wildman–Crippen MR) is 120 cm³/mol. The molecule has 2 aromatic heterocycles. The van der Waals surface area contributed by atoms with E-state index in [1.165, 1.54) is 6.07 Å². The van der Waals surface area contributed by atoms with Crippen molar-refractivity contribution >= 4 is 16.9 Å². The van der Waals surface area contributed by atoms with Gasteiger partial charge in [0.1, 0.15) is 11.4 Å². The largest absolute Gasteiger partial charge is 0.453 e. The van der Waals surface area contributed by atoms with Crippen LogP contribution in [0.5, 0.6) is 11.5 Å². The van der Waals surface area contributed by atoms with Gasteiger partial charge in [0.2, 0.25) is 5.91 Å². The number of nitrogens with zero attached hydrogens (tertiary/aromatic N) is 2. The minimum atomic E-state index is -0.723. The summed E-state index contributed by atoms with van der Waals surface area (Å²) >= 11 is 0. The smallest absolute Gasteiger partial charge is 0.237 e. The van der Waals surface area contributed by atoms with Gasteiger partial charge in [-0.1, -0.05) is 6.07 Å². The number of aromatic nitrogens is 2. The first-order chi connectivity index (χ1) is 15.5. The van der Waals surface area contributed by atoms with E-state index in [-0.39, 0.29) is 24.1 Å². The number of fused-ring (bicyclic) bond motifs is 4. The predicted octanol–water partition coefficient (Wildman–Crippen LogP) is 2.88. The number of carbonyl (C=O) groups is 1. The van der Waals surface area contributed by atoms with Crippen molar-refractivity contribution in [2.45, 2.75) is 38.3 Å². The molecule has 7 nitrogen and oxygen atoms in total. The van der Waals surface area contributed by atoms with Crippen LogP contribution >= 0.6 is 0 Å². The summed E-state index contributed by atoms with van der Waals surface area (Å²) in [5.74, 6) is 0.520. The monoisotopic (exact) mass is 437 g/mol. The number of piperidine rings is 3. The second-order valence-corrected chi connectivity index (χ2v) is 8.93. The van der Waals surface area contributed by atoms with Crippen molar-refractivity contribution in [3.63, 3.8) is 0 Å². The van der Waals surface area contributed by atoms with E-state index >= 15 is 0 Å². The number of rotatable bonds is 6. The molecule has 168 valence electrons. The van der Waals surface area contributed by atoms with Crippen molar-refractivity contribution in [3.8, 4) is 11.5 Å². The number of nitrogens with two attached hydrogens (primary N) is 1. The van der Waals surface area contributed by atoms with Crippen LogP contribution in [0.4, 0.5) is 4.39 Å². The van der Waals surface area contributed by atoms with E-state index in [9.17, 15) is 9.18 Å². The molecule has 3 saturated heterocycles. The van der Waals surface area contributed by atoms with Gasteiger partial charge in [-0.2, -0.15) is 0 Å². The molecule has 0 saturated carbocycles. The molecule has 1 amide bonds. The zero-order chi connectivity index (χ0) is 22.2. The Morgan fingerprint density at radius 3 is 2.88 bits per heavy atom. The molecule has 3 fully saturated rings. The quantitative estimate of drug-likeness (QED) is 0.551. The van der Waals surface area contributed by atoms with Gasteiger partial charge in [0.15, 0.2) is 11.6 Å². The lowest BCUT2D eigenvalue weighted by Gasteiger charge is -2.45. The highest BCUT2D eigenvalue weighted by atomic mass is 19.1. The first-order valence-corrected chi connectivity index (χ1v) is 11.1. The van der Waals surface area contributed by atoms with Crippen LogP contribution in [0.1, 0.15) is 24.0 Å². The number of hydrogen-bond acceptors (Lipinski definition) is 5. The average Bonchev–Trinajstić information content (AvgIpc) is 3.18. The highest BCUT2D eigenvalue weighted by Gasteiger charge is 2.35. The van der Waals surface area contributed by atoms with Crippen molar-refractivity contribution < 1.29 is 13.9 Å². The molecule has 4 N–H and O–H groups in total. The summed E-state index contributed by atoms with van der Waals surface area (Å²) in [6, 6.07) is 5.88. The van der Waals surface area contributed by atoms with Crippen LogP contribution in [0.15, 0.2) is 36.7 Å². The fourth-order valence-electron chi connectivity index (χ4n) is 4.91. The zero-order valence-corrected chi connectivity index (χ0v) is 18.1. The Labute approximate surface area is 186 Å². The Kier molecular flexibility index (Phi) is 5.57. The van der Waals surface area contributed by atoms with Crippen LogP contribution in [0.25, 0.3) is 11.0 Å². The van der Waals surface area contributed by atoms with E-state index in [2.05, 4.69) is 20.2 Å². The van der Waals surface area contributed by atoms with Gasteiger partial charge in [-0.3, -0.25) is 4.79 Å². The number of benzene rings is 1. The number of aryl methyl sites for hydroxylation is 1. The second-order valence-electron chi connectivity index (χ2n) is 8.93. The average molecular weight is 438 g/mol. The molecule has 3 aromatic rings. The summed E-state index contributed by atoms with van der Waals surface area (Å²) in [5.41, 5.74) is 8.47. The molecular formula is C24H28FN5O2. The third kappa shape index (κ3) is 4.08. The van der Waals surface area contributed by atoms with E-state index in [4.69, 9.17) is 10.5 Å². The van der Waals surface area contributed by atoms with Crippen molar-refractivity contribution in [1.82, 2.24) is 20.2 Å². The first kappa shape index (κ1) is 20.9. The lowest BCUT2D eigenvalue weighted by atomic mass is 9.84. The number of H-pyrrole nitrogens is 1. The molecule has 1 aromatic carbocycles. The number of nitrogens with one attached hydrogen (secondary N) is 2. The second kappa shape index (κ2) is 8.52. The fraction of sp³-hybridized carbons (Fsp3) is 0.417. The van der Waals surface area contributed by atoms with Gasteiger partial charge in [0, 0.05) is 25.0 Å². The zero-order valence-electron chi connectivity index (χ0n) is 18.1. The van der Waals surface area contributed by atoms with E-state index in [1.54, 1.807) is 24.4 Å². The summed E-state index contributed by atoms with van der Waals surface area (Å²) in [7, 11) is 0. The molecule has 6 rings (SSSR count). The number of pyridine rings is 1. The lowest BCUT2D eigenvalue weighted by Crippen LogP contribution is -2.59. The van der Waals surface area contributed by atoms with Gasteiger partial charge >= 0.3 is 0 Å². The number of carbonyl (C=O) groups excluding carboxylic acids is 1. The van der Waals surface area contributed by atoms with Crippen LogP contribution in [0, 0.1) is 18.7 Å². The molecule has 32 heavy (non-hydrogen) atoms. The van der Waals surface area contributed by atoms with Gasteiger partial charge < -0.3 is 25.7 Å². The van der Waals surface area contributed by atoms with E-state index < -0.39 is 11.9 Å². The van der Waals surface area contributed by atoms with Gasteiger partial charge in [-0.05, 0) is 74.5 Å². The Morgan fingerprint density at radius 2 is 2.16 bits per heavy atom. The minimum absolute atomic E-state index is 0.118. The van der Waals surface area contributed by atoms with Crippen LogP contribution in [0.3, 0.4) is 0 Å². The van der Waals surface area contributed by atoms with E-state index in [0.717, 1.165) is 43.4 Å². The van der Waals surface area contributed by atoms with E-state index in [1.807, 2.05) is 13.1 Å². The van der Waals surface area contributed by atoms with Crippen molar-refractivity contribution in [3.05, 3.63) is 53.6 Å². The summed E-state index contributed by atoms with van der Waals surface area (Å²) in [4.78, 5) is 22.3. The summed E-state index contributed by atoms with van der Waals surface area (Å²) in [5, 5.41) is 3.94. The number of ether oxygens (including phenoxy) is 1. The third-order valence-corrected chi connectivity index (χ3v) is 6.72. The highest BCUT2D eigenvalue weighted by Crippen LogP contribution is 2.32. The lowest BCUT2D eigenvalue weighted by molar-refractivity contribution is -0.124. The van der Waals surface area contributed by atoms with Crippen molar-refractivity contribution in [1.29, 1.82) is 0 Å². The Morgan fingerprint density at radius 1 is 1.34 bits per heavy atom.